The van der Waals surface area contributed by atoms with Gasteiger partial charge in [-0.1, -0.05) is 0 Å². The first-order chi connectivity index (χ1) is 5.24. The van der Waals surface area contributed by atoms with Crippen LogP contribution in [0.5, 0.6) is 0 Å². The second-order valence-corrected chi connectivity index (χ2v) is 2.29. The van der Waals surface area contributed by atoms with Gasteiger partial charge in [0.15, 0.2) is 5.82 Å². The predicted octanol–water partition coefficient (Wildman–Crippen LogP) is 0.646. The third kappa shape index (κ3) is 1.86. The average Bonchev–Trinajstić information content (AvgIpc) is 2.36. The zero-order chi connectivity index (χ0) is 8.27. The van der Waals surface area contributed by atoms with E-state index in [0.717, 1.165) is 0 Å². The van der Waals surface area contributed by atoms with Crippen LogP contribution in [0.1, 0.15) is 18.3 Å². The van der Waals surface area contributed by atoms with Crippen LogP contribution in [-0.2, 0) is 0 Å². The number of hydrogen-bond acceptors (Lipinski definition) is 5. The summed E-state index contributed by atoms with van der Waals surface area (Å²) in [5.74, 6) is 0.413. The fourth-order valence-corrected chi connectivity index (χ4v) is 0.734. The lowest BCUT2D eigenvalue weighted by Crippen LogP contribution is -2.10. The van der Waals surface area contributed by atoms with E-state index in [4.69, 9.17) is 11.0 Å². The summed E-state index contributed by atoms with van der Waals surface area (Å²) in [7, 11) is 0. The van der Waals surface area contributed by atoms with E-state index in [1.165, 1.54) is 0 Å². The molecule has 1 aromatic heterocycles. The average molecular weight is 170 g/mol. The molecule has 58 valence electrons. The number of hydrogen-bond donors (Lipinski definition) is 2. The van der Waals surface area contributed by atoms with Crippen molar-refractivity contribution < 1.29 is 4.52 Å². The molecule has 0 bridgehead atoms. The zero-order valence-corrected chi connectivity index (χ0v) is 6.39. The van der Waals surface area contributed by atoms with Gasteiger partial charge in [-0.05, 0) is 12.2 Å². The van der Waals surface area contributed by atoms with Crippen molar-refractivity contribution in [3.05, 3.63) is 10.7 Å². The predicted molar refractivity (Wildman–Crippen MR) is 38.8 cm³/mol. The second kappa shape index (κ2) is 3.27. The van der Waals surface area contributed by atoms with Crippen LogP contribution < -0.4 is 5.73 Å². The maximum atomic E-state index is 8.28. The molecular weight excluding hydrogens is 164 g/mol. The van der Waals surface area contributed by atoms with Crippen molar-refractivity contribution in [2.75, 3.05) is 0 Å². The van der Waals surface area contributed by atoms with Crippen LogP contribution in [0.4, 0.5) is 0 Å². The number of nitrogens with two attached hydrogens (primary N) is 1. The summed E-state index contributed by atoms with van der Waals surface area (Å²) in [4.78, 5) is 3.85. The number of nitrogens with one attached hydrogen (secondary N) is 1. The Morgan fingerprint density at radius 2 is 2.64 bits per heavy atom. The van der Waals surface area contributed by atoms with Crippen molar-refractivity contribution in [1.29, 1.82) is 5.26 Å². The van der Waals surface area contributed by atoms with Gasteiger partial charge in [0.2, 0.25) is 0 Å². The van der Waals surface area contributed by atoms with Crippen LogP contribution in [0.15, 0.2) is 4.52 Å². The molecule has 1 aromatic rings. The van der Waals surface area contributed by atoms with Crippen molar-refractivity contribution in [2.24, 2.45) is 5.73 Å². The van der Waals surface area contributed by atoms with Gasteiger partial charge >= 0.3 is 4.84 Å². The zero-order valence-electron chi connectivity index (χ0n) is 5.57. The van der Waals surface area contributed by atoms with Crippen LogP contribution >= 0.6 is 12.2 Å². The van der Waals surface area contributed by atoms with E-state index in [0.29, 0.717) is 5.82 Å². The van der Waals surface area contributed by atoms with Gasteiger partial charge in [0.05, 0.1) is 18.5 Å². The summed E-state index contributed by atoms with van der Waals surface area (Å²) in [6, 6.07) is 1.47. The lowest BCUT2D eigenvalue weighted by molar-refractivity contribution is 0.394. The molecule has 0 spiro atoms. The topological polar surface area (TPSA) is 91.6 Å². The number of rotatable bonds is 2. The van der Waals surface area contributed by atoms with Crippen LogP contribution in [0, 0.1) is 16.2 Å². The molecule has 0 unspecified atom stereocenters. The van der Waals surface area contributed by atoms with E-state index in [9.17, 15) is 0 Å². The summed E-state index contributed by atoms with van der Waals surface area (Å²) >= 11 is 4.59. The largest absolute Gasteiger partial charge is 0.348 e. The van der Waals surface area contributed by atoms with Gasteiger partial charge in [-0.25, -0.2) is 5.16 Å². The van der Waals surface area contributed by atoms with E-state index in [-0.39, 0.29) is 11.3 Å². The summed E-state index contributed by atoms with van der Waals surface area (Å²) in [5.41, 5.74) is 5.50. The van der Waals surface area contributed by atoms with Crippen molar-refractivity contribution >= 4 is 12.2 Å². The normalized spacial score (nSPS) is 12.4. The maximum absolute atomic E-state index is 8.28. The highest BCUT2D eigenvalue weighted by Gasteiger charge is 2.08. The Bertz CT molecular complexity index is 322. The van der Waals surface area contributed by atoms with Crippen molar-refractivity contribution in [1.82, 2.24) is 10.1 Å². The second-order valence-electron chi connectivity index (χ2n) is 1.94. The monoisotopic (exact) mass is 170 g/mol. The lowest BCUT2D eigenvalue weighted by atomic mass is 10.2. The molecule has 0 aliphatic heterocycles. The summed E-state index contributed by atoms with van der Waals surface area (Å²) < 4.78 is 4.62. The van der Waals surface area contributed by atoms with Gasteiger partial charge in [0.25, 0.3) is 0 Å². The Hall–Kier alpha value is -1.19. The number of nitrogens with zero attached hydrogens (tertiary/aromatic N) is 2. The minimum absolute atomic E-state index is 0.105. The minimum atomic E-state index is -0.444. The standard InChI is InChI=1S/C5H6N4OS/c6-2-1-3(7)4-8-5(11)10-9-4/h3H,1,7H2,(H,8,9,11)/t3-/m1/s1. The summed E-state index contributed by atoms with van der Waals surface area (Å²) in [6.45, 7) is 0. The number of H-pyrrole nitrogens is 1. The number of nitriles is 1. The molecule has 0 aliphatic carbocycles. The van der Waals surface area contributed by atoms with Crippen molar-refractivity contribution in [3.63, 3.8) is 0 Å². The lowest BCUT2D eigenvalue weighted by Gasteiger charge is -1.98. The molecule has 3 N–H and O–H groups in total. The SMILES string of the molecule is N#CC[C@@H](N)c1nc(=S)o[nH]1. The highest BCUT2D eigenvalue weighted by atomic mass is 32.1. The molecule has 0 saturated heterocycles. The first kappa shape index (κ1) is 7.91. The quantitative estimate of drug-likeness (QED) is 0.635. The van der Waals surface area contributed by atoms with Gasteiger partial charge in [-0.2, -0.15) is 10.2 Å². The number of aromatic amines is 1. The molecule has 5 nitrogen and oxygen atoms in total. The third-order valence-electron chi connectivity index (χ3n) is 1.12. The Balaban J connectivity index is 2.78. The fraction of sp³-hybridized carbons (Fsp3) is 0.400. The van der Waals surface area contributed by atoms with Gasteiger partial charge in [0.1, 0.15) is 0 Å². The van der Waals surface area contributed by atoms with Crippen molar-refractivity contribution in [2.45, 2.75) is 12.5 Å². The van der Waals surface area contributed by atoms with E-state index in [1.807, 2.05) is 6.07 Å². The molecule has 1 heterocycles. The molecular formula is C5H6N4OS. The molecule has 0 fully saturated rings. The molecule has 0 amide bonds. The third-order valence-corrected chi connectivity index (χ3v) is 1.29. The highest BCUT2D eigenvalue weighted by Crippen LogP contribution is 2.06. The minimum Gasteiger partial charge on any atom is -0.348 e. The fourth-order valence-electron chi connectivity index (χ4n) is 0.594. The van der Waals surface area contributed by atoms with Crippen LogP contribution in [0.2, 0.25) is 0 Å². The first-order valence-electron chi connectivity index (χ1n) is 2.92. The van der Waals surface area contributed by atoms with Crippen molar-refractivity contribution in [3.8, 4) is 6.07 Å². The molecule has 1 atom stereocenters. The molecule has 1 rings (SSSR count). The molecule has 0 radical (unpaired) electrons. The molecule has 0 aromatic carbocycles. The van der Waals surface area contributed by atoms with Gasteiger partial charge in [-0.15, -0.1) is 0 Å². The van der Waals surface area contributed by atoms with Crippen LogP contribution in [0.3, 0.4) is 0 Å². The molecule has 6 heteroatoms. The van der Waals surface area contributed by atoms with Gasteiger partial charge < -0.3 is 10.3 Å². The maximum Gasteiger partial charge on any atom is 0.314 e. The highest BCUT2D eigenvalue weighted by molar-refractivity contribution is 7.71. The van der Waals surface area contributed by atoms with Crippen LogP contribution in [-0.4, -0.2) is 10.1 Å². The smallest absolute Gasteiger partial charge is 0.314 e. The van der Waals surface area contributed by atoms with Gasteiger partial charge in [0, 0.05) is 0 Å². The Morgan fingerprint density at radius 1 is 1.91 bits per heavy atom. The molecule has 11 heavy (non-hydrogen) atoms. The summed E-state index contributed by atoms with van der Waals surface area (Å²) in [5, 5.41) is 10.7. The molecule has 0 saturated carbocycles. The van der Waals surface area contributed by atoms with E-state index >= 15 is 0 Å². The Labute approximate surface area is 67.8 Å². The number of aromatic nitrogens is 2. The molecule has 0 aliphatic rings. The Morgan fingerprint density at radius 3 is 3.09 bits per heavy atom. The summed E-state index contributed by atoms with van der Waals surface area (Å²) in [6.07, 6.45) is 0.192. The van der Waals surface area contributed by atoms with E-state index in [2.05, 4.69) is 26.9 Å². The first-order valence-corrected chi connectivity index (χ1v) is 3.33. The van der Waals surface area contributed by atoms with E-state index < -0.39 is 6.04 Å². The van der Waals surface area contributed by atoms with Gasteiger partial charge in [-0.3, -0.25) is 0 Å². The van der Waals surface area contributed by atoms with Crippen LogP contribution in [0.25, 0.3) is 0 Å². The Kier molecular flexibility index (Phi) is 2.36. The van der Waals surface area contributed by atoms with E-state index in [1.54, 1.807) is 0 Å².